The summed E-state index contributed by atoms with van der Waals surface area (Å²) >= 11 is 2.40. The molecule has 0 saturated heterocycles. The number of hydrogen-bond donors (Lipinski definition) is 1. The molecule has 182 valence electrons. The van der Waals surface area contributed by atoms with E-state index in [4.69, 9.17) is 10.7 Å². The van der Waals surface area contributed by atoms with E-state index in [1.165, 1.54) is 12.0 Å². The lowest BCUT2D eigenvalue weighted by atomic mass is 9.72. The molecule has 6 rings (SSSR count). The van der Waals surface area contributed by atoms with Crippen LogP contribution in [0.25, 0.3) is 38.9 Å². The highest BCUT2D eigenvalue weighted by molar-refractivity contribution is 14.1. The first-order valence-corrected chi connectivity index (χ1v) is 14.0. The summed E-state index contributed by atoms with van der Waals surface area (Å²) in [6.45, 7) is 3.90. The summed E-state index contributed by atoms with van der Waals surface area (Å²) in [4.78, 5) is 7.51. The Morgan fingerprint density at radius 2 is 1.78 bits per heavy atom. The van der Waals surface area contributed by atoms with Crippen LogP contribution in [0.5, 0.6) is 0 Å². The van der Waals surface area contributed by atoms with Crippen LogP contribution in [0.15, 0.2) is 72.9 Å². The lowest BCUT2D eigenvalue weighted by Crippen LogP contribution is -2.43. The Morgan fingerprint density at radius 3 is 2.44 bits per heavy atom. The molecule has 0 bridgehead atoms. The number of alkyl halides is 1. The van der Waals surface area contributed by atoms with Gasteiger partial charge in [-0.1, -0.05) is 84.1 Å². The van der Waals surface area contributed by atoms with Crippen LogP contribution in [0.3, 0.4) is 0 Å². The fourth-order valence-corrected chi connectivity index (χ4v) is 5.78. The molecular weight excluding hydrogens is 559 g/mol. The summed E-state index contributed by atoms with van der Waals surface area (Å²) in [5.41, 5.74) is 13.6. The average molecular weight is 588 g/mol. The Bertz CT molecular complexity index is 1520. The van der Waals surface area contributed by atoms with Gasteiger partial charge in [-0.15, -0.1) is 10.2 Å². The summed E-state index contributed by atoms with van der Waals surface area (Å²) in [7, 11) is 0. The first-order valence-electron chi connectivity index (χ1n) is 12.5. The van der Waals surface area contributed by atoms with Crippen LogP contribution >= 0.6 is 22.6 Å². The van der Waals surface area contributed by atoms with Gasteiger partial charge in [0.25, 0.3) is 0 Å². The number of pyridine rings is 2. The maximum atomic E-state index is 6.58. The molecule has 6 nitrogen and oxygen atoms in total. The van der Waals surface area contributed by atoms with Crippen molar-refractivity contribution in [3.63, 3.8) is 0 Å². The van der Waals surface area contributed by atoms with Crippen LogP contribution < -0.4 is 5.73 Å². The number of nitrogens with zero attached hydrogens (tertiary/aromatic N) is 5. The molecule has 2 N–H and O–H groups in total. The summed E-state index contributed by atoms with van der Waals surface area (Å²) < 4.78 is 3.05. The van der Waals surface area contributed by atoms with Gasteiger partial charge in [0.05, 0.1) is 22.3 Å². The van der Waals surface area contributed by atoms with E-state index >= 15 is 0 Å². The molecule has 0 radical (unpaired) electrons. The quantitative estimate of drug-likeness (QED) is 0.140. The van der Waals surface area contributed by atoms with Crippen molar-refractivity contribution in [2.75, 3.05) is 11.1 Å². The van der Waals surface area contributed by atoms with Crippen molar-refractivity contribution in [1.29, 1.82) is 0 Å². The zero-order valence-electron chi connectivity index (χ0n) is 20.4. The standard InChI is InChI=1S/C29H29IN6/c1-2-35(19-30)18-26-33-34-28-24-17-23(20-7-4-3-5-8-20)27(32-25(24)13-16-36(26)28)21-9-11-22(12-10-21)29(31)14-6-15-29/h3-5,7-13,16-17H,2,6,14-15,18-19,31H2,1H3. The van der Waals surface area contributed by atoms with Crippen molar-refractivity contribution in [2.24, 2.45) is 5.73 Å². The molecule has 1 aliphatic rings. The van der Waals surface area contributed by atoms with E-state index in [1.807, 2.05) is 12.3 Å². The zero-order chi connectivity index (χ0) is 24.7. The van der Waals surface area contributed by atoms with Crippen LogP contribution in [0, 0.1) is 0 Å². The lowest BCUT2D eigenvalue weighted by Gasteiger charge is -2.38. The van der Waals surface area contributed by atoms with Crippen LogP contribution in [0.1, 0.15) is 37.6 Å². The van der Waals surface area contributed by atoms with Crippen LogP contribution in [0.4, 0.5) is 0 Å². The number of aromatic nitrogens is 4. The van der Waals surface area contributed by atoms with E-state index in [1.54, 1.807) is 0 Å². The molecule has 3 heterocycles. The third kappa shape index (κ3) is 4.09. The van der Waals surface area contributed by atoms with Crippen molar-refractivity contribution in [3.8, 4) is 22.4 Å². The number of benzene rings is 2. The van der Waals surface area contributed by atoms with Gasteiger partial charge in [0.1, 0.15) is 0 Å². The molecule has 3 aromatic heterocycles. The largest absolute Gasteiger partial charge is 0.321 e. The topological polar surface area (TPSA) is 72.3 Å². The van der Waals surface area contributed by atoms with Crippen molar-refractivity contribution >= 4 is 39.1 Å². The molecule has 1 saturated carbocycles. The molecule has 0 aliphatic heterocycles. The predicted molar refractivity (Wildman–Crippen MR) is 154 cm³/mol. The Kier molecular flexibility index (Phi) is 6.23. The summed E-state index contributed by atoms with van der Waals surface area (Å²) in [5.74, 6) is 0.943. The second-order valence-corrected chi connectivity index (χ2v) is 10.3. The maximum absolute atomic E-state index is 6.58. The third-order valence-corrected chi connectivity index (χ3v) is 8.45. The van der Waals surface area contributed by atoms with Crippen molar-refractivity contribution in [1.82, 2.24) is 24.5 Å². The minimum atomic E-state index is -0.167. The van der Waals surface area contributed by atoms with Gasteiger partial charge in [0, 0.05) is 28.2 Å². The van der Waals surface area contributed by atoms with Gasteiger partial charge in [-0.25, -0.2) is 4.98 Å². The van der Waals surface area contributed by atoms with Gasteiger partial charge < -0.3 is 5.73 Å². The van der Waals surface area contributed by atoms with Crippen molar-refractivity contribution in [2.45, 2.75) is 38.3 Å². The molecule has 1 fully saturated rings. The molecule has 2 aromatic carbocycles. The highest BCUT2D eigenvalue weighted by atomic mass is 127. The van der Waals surface area contributed by atoms with Crippen LogP contribution in [0.2, 0.25) is 0 Å². The Balaban J connectivity index is 1.50. The summed E-state index contributed by atoms with van der Waals surface area (Å²) in [6.07, 6.45) is 5.36. The van der Waals surface area contributed by atoms with Crippen LogP contribution in [-0.2, 0) is 12.1 Å². The van der Waals surface area contributed by atoms with Gasteiger partial charge in [-0.3, -0.25) is 9.30 Å². The number of halogens is 1. The van der Waals surface area contributed by atoms with Crippen LogP contribution in [-0.4, -0.2) is 35.6 Å². The fourth-order valence-electron chi connectivity index (χ4n) is 5.05. The van der Waals surface area contributed by atoms with Crippen molar-refractivity contribution < 1.29 is 0 Å². The molecule has 0 amide bonds. The Hall–Kier alpha value is -2.88. The fraction of sp³-hybridized carbons (Fsp3) is 0.276. The van der Waals surface area contributed by atoms with E-state index < -0.39 is 0 Å². The van der Waals surface area contributed by atoms with Gasteiger partial charge in [-0.2, -0.15) is 0 Å². The average Bonchev–Trinajstić information content (AvgIpc) is 3.33. The number of hydrogen-bond acceptors (Lipinski definition) is 5. The molecular formula is C29H29IN6. The smallest absolute Gasteiger partial charge is 0.170 e. The number of nitrogens with two attached hydrogens (primary N) is 1. The second kappa shape index (κ2) is 9.53. The first-order chi connectivity index (χ1) is 17.6. The first kappa shape index (κ1) is 23.5. The molecule has 7 heteroatoms. The molecule has 1 aliphatic carbocycles. The van der Waals surface area contributed by atoms with E-state index in [0.717, 1.165) is 75.2 Å². The normalized spacial score (nSPS) is 15.0. The monoisotopic (exact) mass is 588 g/mol. The minimum absolute atomic E-state index is 0.167. The van der Waals surface area contributed by atoms with Gasteiger partial charge in [0.15, 0.2) is 11.5 Å². The van der Waals surface area contributed by atoms with Crippen molar-refractivity contribution in [3.05, 3.63) is 84.3 Å². The van der Waals surface area contributed by atoms with Gasteiger partial charge in [0.2, 0.25) is 0 Å². The predicted octanol–water partition coefficient (Wildman–Crippen LogP) is 6.16. The maximum Gasteiger partial charge on any atom is 0.170 e. The van der Waals surface area contributed by atoms with E-state index in [0.29, 0.717) is 0 Å². The zero-order valence-corrected chi connectivity index (χ0v) is 22.5. The summed E-state index contributed by atoms with van der Waals surface area (Å²) in [5, 5.41) is 10.1. The third-order valence-electron chi connectivity index (χ3n) is 7.49. The molecule has 0 unspecified atom stereocenters. The molecule has 5 aromatic rings. The highest BCUT2D eigenvalue weighted by Gasteiger charge is 2.34. The molecule has 0 atom stereocenters. The van der Waals surface area contributed by atoms with E-state index in [9.17, 15) is 0 Å². The molecule has 0 spiro atoms. The van der Waals surface area contributed by atoms with Gasteiger partial charge >= 0.3 is 0 Å². The molecule has 36 heavy (non-hydrogen) atoms. The number of fused-ring (bicyclic) bond motifs is 3. The SMILES string of the molecule is CCN(CI)Cc1nnc2c3cc(-c4ccccc4)c(-c4ccc(C5(N)CCC5)cc4)nc3ccn12. The lowest BCUT2D eigenvalue weighted by molar-refractivity contribution is 0.253. The van der Waals surface area contributed by atoms with E-state index in [-0.39, 0.29) is 5.54 Å². The van der Waals surface area contributed by atoms with Gasteiger partial charge in [-0.05, 0) is 49.1 Å². The summed E-state index contributed by atoms with van der Waals surface area (Å²) in [6, 6.07) is 23.4. The van der Waals surface area contributed by atoms with E-state index in [2.05, 4.69) is 110 Å². The minimum Gasteiger partial charge on any atom is -0.321 e. The Morgan fingerprint density at radius 1 is 1.00 bits per heavy atom. The second-order valence-electron chi connectivity index (χ2n) is 9.66. The number of rotatable bonds is 7. The Labute approximate surface area is 224 Å². The highest BCUT2D eigenvalue weighted by Crippen LogP contribution is 2.40.